The minimum absolute atomic E-state index is 0.0276. The van der Waals surface area contributed by atoms with Crippen LogP contribution < -0.4 is 11.1 Å². The molecular formula is C10H18N2O4. The molecule has 0 radical (unpaired) electrons. The monoisotopic (exact) mass is 230 g/mol. The molecule has 0 heterocycles. The lowest BCUT2D eigenvalue weighted by atomic mass is 10.1. The standard InChI is InChI=1S/C10H18N2O4/c11-7-2-1-6(5-7)9(14)12-4-3-8(13)10(15)16/h6-8,13H,1-5,11H2,(H,12,14)(H,15,16). The van der Waals surface area contributed by atoms with Gasteiger partial charge in [0.1, 0.15) is 0 Å². The molecule has 0 saturated heterocycles. The van der Waals surface area contributed by atoms with Crippen molar-refractivity contribution in [2.24, 2.45) is 11.7 Å². The zero-order valence-electron chi connectivity index (χ0n) is 9.06. The van der Waals surface area contributed by atoms with Crippen molar-refractivity contribution in [2.45, 2.75) is 37.8 Å². The summed E-state index contributed by atoms with van der Waals surface area (Å²) in [4.78, 5) is 21.8. The van der Waals surface area contributed by atoms with Crippen LogP contribution in [0.5, 0.6) is 0 Å². The third-order valence-electron chi connectivity index (χ3n) is 2.85. The Balaban J connectivity index is 2.18. The average molecular weight is 230 g/mol. The molecule has 3 unspecified atom stereocenters. The Morgan fingerprint density at radius 1 is 1.44 bits per heavy atom. The number of aliphatic hydroxyl groups is 1. The van der Waals surface area contributed by atoms with Gasteiger partial charge in [0.2, 0.25) is 5.91 Å². The van der Waals surface area contributed by atoms with Crippen LogP contribution in [0, 0.1) is 5.92 Å². The highest BCUT2D eigenvalue weighted by atomic mass is 16.4. The molecule has 0 bridgehead atoms. The van der Waals surface area contributed by atoms with E-state index in [1.807, 2.05) is 0 Å². The van der Waals surface area contributed by atoms with E-state index in [1.54, 1.807) is 0 Å². The summed E-state index contributed by atoms with van der Waals surface area (Å²) < 4.78 is 0. The summed E-state index contributed by atoms with van der Waals surface area (Å²) in [6, 6.07) is 0.0976. The van der Waals surface area contributed by atoms with Gasteiger partial charge in [-0.3, -0.25) is 4.79 Å². The smallest absolute Gasteiger partial charge is 0.332 e. The number of amides is 1. The molecule has 0 spiro atoms. The van der Waals surface area contributed by atoms with Crippen LogP contribution in [0.2, 0.25) is 0 Å². The molecule has 1 fully saturated rings. The zero-order valence-corrected chi connectivity index (χ0v) is 9.06. The van der Waals surface area contributed by atoms with Crippen molar-refractivity contribution in [1.29, 1.82) is 0 Å². The van der Waals surface area contributed by atoms with Crippen LogP contribution in [-0.2, 0) is 9.59 Å². The number of carbonyl (C=O) groups is 2. The lowest BCUT2D eigenvalue weighted by Crippen LogP contribution is -2.34. The molecule has 0 aromatic carbocycles. The van der Waals surface area contributed by atoms with Gasteiger partial charge in [0.25, 0.3) is 0 Å². The summed E-state index contributed by atoms with van der Waals surface area (Å²) in [5.74, 6) is -1.42. The fraction of sp³-hybridized carbons (Fsp3) is 0.800. The van der Waals surface area contributed by atoms with E-state index in [0.29, 0.717) is 6.42 Å². The van der Waals surface area contributed by atoms with Crippen LogP contribution in [0.25, 0.3) is 0 Å². The van der Waals surface area contributed by atoms with Gasteiger partial charge in [-0.25, -0.2) is 4.79 Å². The van der Waals surface area contributed by atoms with E-state index < -0.39 is 12.1 Å². The summed E-state index contributed by atoms with van der Waals surface area (Å²) in [6.07, 6.45) is 0.948. The lowest BCUT2D eigenvalue weighted by Gasteiger charge is -2.11. The topological polar surface area (TPSA) is 113 Å². The van der Waals surface area contributed by atoms with Gasteiger partial charge in [-0.1, -0.05) is 0 Å². The van der Waals surface area contributed by atoms with Crippen LogP contribution >= 0.6 is 0 Å². The molecule has 3 atom stereocenters. The highest BCUT2D eigenvalue weighted by molar-refractivity contribution is 5.79. The van der Waals surface area contributed by atoms with Crippen LogP contribution in [0.3, 0.4) is 0 Å². The van der Waals surface area contributed by atoms with E-state index in [2.05, 4.69) is 5.32 Å². The van der Waals surface area contributed by atoms with Crippen molar-refractivity contribution in [3.05, 3.63) is 0 Å². The fourth-order valence-corrected chi connectivity index (χ4v) is 1.85. The molecule has 1 aliphatic carbocycles. The number of rotatable bonds is 5. The molecule has 1 aliphatic rings. The Labute approximate surface area is 93.8 Å². The molecule has 6 heteroatoms. The van der Waals surface area contributed by atoms with Crippen molar-refractivity contribution in [1.82, 2.24) is 5.32 Å². The Morgan fingerprint density at radius 2 is 2.12 bits per heavy atom. The fourth-order valence-electron chi connectivity index (χ4n) is 1.85. The first kappa shape index (κ1) is 12.9. The van der Waals surface area contributed by atoms with Gasteiger partial charge in [0, 0.05) is 24.9 Å². The summed E-state index contributed by atoms with van der Waals surface area (Å²) in [5.41, 5.74) is 5.68. The highest BCUT2D eigenvalue weighted by Crippen LogP contribution is 2.23. The molecule has 1 saturated carbocycles. The van der Waals surface area contributed by atoms with E-state index in [-0.39, 0.29) is 30.8 Å². The molecule has 0 aromatic rings. The van der Waals surface area contributed by atoms with Crippen molar-refractivity contribution >= 4 is 11.9 Å². The molecule has 16 heavy (non-hydrogen) atoms. The highest BCUT2D eigenvalue weighted by Gasteiger charge is 2.27. The van der Waals surface area contributed by atoms with Crippen LogP contribution in [0.1, 0.15) is 25.7 Å². The molecule has 0 aromatic heterocycles. The predicted octanol–water partition coefficient (Wildman–Crippen LogP) is -0.934. The van der Waals surface area contributed by atoms with Crippen molar-refractivity contribution in [3.8, 4) is 0 Å². The first-order valence-electron chi connectivity index (χ1n) is 5.45. The predicted molar refractivity (Wildman–Crippen MR) is 56.6 cm³/mol. The number of aliphatic carboxylic acids is 1. The quantitative estimate of drug-likeness (QED) is 0.487. The van der Waals surface area contributed by atoms with Crippen LogP contribution in [0.4, 0.5) is 0 Å². The Kier molecular flexibility index (Phi) is 4.70. The number of carboxylic acid groups (broad SMARTS) is 1. The SMILES string of the molecule is NC1CCC(C(=O)NCCC(O)C(=O)O)C1. The molecular weight excluding hydrogens is 212 g/mol. The van der Waals surface area contributed by atoms with Gasteiger partial charge >= 0.3 is 5.97 Å². The molecule has 0 aliphatic heterocycles. The Bertz CT molecular complexity index is 270. The average Bonchev–Trinajstić information content (AvgIpc) is 2.64. The first-order valence-corrected chi connectivity index (χ1v) is 5.45. The maximum absolute atomic E-state index is 11.5. The van der Waals surface area contributed by atoms with Gasteiger partial charge in [-0.05, 0) is 19.3 Å². The second-order valence-corrected chi connectivity index (χ2v) is 4.20. The summed E-state index contributed by atoms with van der Waals surface area (Å²) >= 11 is 0. The summed E-state index contributed by atoms with van der Waals surface area (Å²) in [7, 11) is 0. The summed E-state index contributed by atoms with van der Waals surface area (Å²) in [6.45, 7) is 0.179. The number of carbonyl (C=O) groups excluding carboxylic acids is 1. The number of nitrogens with one attached hydrogen (secondary N) is 1. The maximum Gasteiger partial charge on any atom is 0.332 e. The van der Waals surface area contributed by atoms with E-state index in [9.17, 15) is 9.59 Å². The zero-order chi connectivity index (χ0) is 12.1. The minimum Gasteiger partial charge on any atom is -0.479 e. The molecule has 92 valence electrons. The molecule has 1 amide bonds. The van der Waals surface area contributed by atoms with Crippen LogP contribution in [-0.4, -0.2) is 40.8 Å². The largest absolute Gasteiger partial charge is 0.479 e. The van der Waals surface area contributed by atoms with Gasteiger partial charge in [0.05, 0.1) is 0 Å². The number of hydrogen-bond acceptors (Lipinski definition) is 4. The number of nitrogens with two attached hydrogens (primary N) is 1. The molecule has 5 N–H and O–H groups in total. The molecule has 6 nitrogen and oxygen atoms in total. The first-order chi connectivity index (χ1) is 7.50. The normalized spacial score (nSPS) is 26.4. The van der Waals surface area contributed by atoms with E-state index >= 15 is 0 Å². The van der Waals surface area contributed by atoms with Gasteiger partial charge < -0.3 is 21.3 Å². The Morgan fingerprint density at radius 3 is 2.62 bits per heavy atom. The van der Waals surface area contributed by atoms with E-state index in [1.165, 1.54) is 0 Å². The lowest BCUT2D eigenvalue weighted by molar-refractivity contribution is -0.147. The van der Waals surface area contributed by atoms with Gasteiger partial charge in [-0.15, -0.1) is 0 Å². The molecule has 1 rings (SSSR count). The van der Waals surface area contributed by atoms with Crippen molar-refractivity contribution < 1.29 is 19.8 Å². The number of aliphatic hydroxyl groups excluding tert-OH is 1. The Hall–Kier alpha value is -1.14. The third kappa shape index (κ3) is 3.79. The van der Waals surface area contributed by atoms with E-state index in [0.717, 1.165) is 12.8 Å². The number of hydrogen-bond donors (Lipinski definition) is 4. The van der Waals surface area contributed by atoms with Crippen molar-refractivity contribution in [2.75, 3.05) is 6.54 Å². The van der Waals surface area contributed by atoms with Gasteiger partial charge in [-0.2, -0.15) is 0 Å². The minimum atomic E-state index is -1.41. The maximum atomic E-state index is 11.5. The van der Waals surface area contributed by atoms with Crippen LogP contribution in [0.15, 0.2) is 0 Å². The van der Waals surface area contributed by atoms with E-state index in [4.69, 9.17) is 15.9 Å². The third-order valence-corrected chi connectivity index (χ3v) is 2.85. The van der Waals surface area contributed by atoms with Crippen molar-refractivity contribution in [3.63, 3.8) is 0 Å². The summed E-state index contributed by atoms with van der Waals surface area (Å²) in [5, 5.41) is 20.0. The van der Waals surface area contributed by atoms with Gasteiger partial charge in [0.15, 0.2) is 6.10 Å². The number of carboxylic acids is 1. The second kappa shape index (κ2) is 5.81. The second-order valence-electron chi connectivity index (χ2n) is 4.20.